The van der Waals surface area contributed by atoms with E-state index in [0.717, 1.165) is 18.4 Å². The molecule has 0 aromatic rings. The highest BCUT2D eigenvalue weighted by molar-refractivity contribution is 7.99. The first-order valence-electron chi connectivity index (χ1n) is 7.02. The molecule has 0 spiro atoms. The Kier molecular flexibility index (Phi) is 11.4. The lowest BCUT2D eigenvalue weighted by atomic mass is 10.1. The number of hydrogen-bond donors (Lipinski definition) is 0. The van der Waals surface area contributed by atoms with Gasteiger partial charge in [-0.15, -0.1) is 0 Å². The molecule has 0 saturated heterocycles. The molecular weight excluding hydrogens is 238 g/mol. The molecule has 0 aliphatic rings. The van der Waals surface area contributed by atoms with Crippen molar-refractivity contribution in [3.8, 4) is 0 Å². The van der Waals surface area contributed by atoms with Crippen LogP contribution in [0.5, 0.6) is 0 Å². The molecular formula is C14H28F2S. The average molecular weight is 266 g/mol. The summed E-state index contributed by atoms with van der Waals surface area (Å²) in [6.45, 7) is 3.24. The number of unbranched alkanes of at least 4 members (excludes halogenated alkanes) is 6. The highest BCUT2D eigenvalue weighted by Crippen LogP contribution is 2.20. The molecule has 0 fully saturated rings. The summed E-state index contributed by atoms with van der Waals surface area (Å²) >= 11 is 1.83. The third-order valence-corrected chi connectivity index (χ3v) is 3.95. The molecule has 0 bridgehead atoms. The molecule has 0 saturated carbocycles. The first-order chi connectivity index (χ1) is 8.06. The number of alkyl halides is 2. The summed E-state index contributed by atoms with van der Waals surface area (Å²) in [5.74, 6) is -0.442. The maximum Gasteiger partial charge on any atom is 0.245 e. The molecule has 0 nitrogen and oxygen atoms in total. The maximum atomic E-state index is 12.5. The van der Waals surface area contributed by atoms with Gasteiger partial charge in [-0.05, 0) is 31.3 Å². The second kappa shape index (κ2) is 11.3. The monoisotopic (exact) mass is 266 g/mol. The molecule has 0 heterocycles. The van der Waals surface area contributed by atoms with Gasteiger partial charge >= 0.3 is 0 Å². The first-order valence-corrected chi connectivity index (χ1v) is 8.17. The summed E-state index contributed by atoms with van der Waals surface area (Å²) in [5, 5.41) is 0. The molecule has 3 heteroatoms. The molecule has 17 heavy (non-hydrogen) atoms. The Labute approximate surface area is 110 Å². The Morgan fingerprint density at radius 1 is 0.824 bits per heavy atom. The van der Waals surface area contributed by atoms with Crippen LogP contribution in [0.15, 0.2) is 0 Å². The summed E-state index contributed by atoms with van der Waals surface area (Å²) in [4.78, 5) is 0. The van der Waals surface area contributed by atoms with Crippen molar-refractivity contribution in [2.75, 3.05) is 11.5 Å². The number of rotatable bonds is 12. The highest BCUT2D eigenvalue weighted by atomic mass is 32.2. The SMILES string of the molecule is CCCCCCCCCSCCCC(C)(F)F. The molecule has 0 amide bonds. The van der Waals surface area contributed by atoms with Crippen LogP contribution in [-0.4, -0.2) is 17.4 Å². The fourth-order valence-electron chi connectivity index (χ4n) is 1.75. The fourth-order valence-corrected chi connectivity index (χ4v) is 2.71. The van der Waals surface area contributed by atoms with E-state index in [1.54, 1.807) is 0 Å². The van der Waals surface area contributed by atoms with E-state index in [4.69, 9.17) is 0 Å². The minimum Gasteiger partial charge on any atom is -0.207 e. The Balaban J connectivity index is 2.99. The van der Waals surface area contributed by atoms with Gasteiger partial charge in [0.2, 0.25) is 5.92 Å². The second-order valence-electron chi connectivity index (χ2n) is 4.91. The average Bonchev–Trinajstić information content (AvgIpc) is 2.24. The fraction of sp³-hybridized carbons (Fsp3) is 1.00. The van der Waals surface area contributed by atoms with Gasteiger partial charge in [0.15, 0.2) is 0 Å². The van der Waals surface area contributed by atoms with Crippen LogP contribution in [0, 0.1) is 0 Å². The van der Waals surface area contributed by atoms with Crippen LogP contribution in [0.4, 0.5) is 8.78 Å². The molecule has 0 N–H and O–H groups in total. The Morgan fingerprint density at radius 3 is 1.94 bits per heavy atom. The molecule has 0 rings (SSSR count). The summed E-state index contributed by atoms with van der Waals surface area (Å²) in [5.41, 5.74) is 0. The number of hydrogen-bond acceptors (Lipinski definition) is 1. The standard InChI is InChI=1S/C14H28F2S/c1-3-4-5-6-7-8-9-12-17-13-10-11-14(2,15)16/h3-13H2,1-2H3. The number of thioether (sulfide) groups is 1. The number of halogens is 2. The van der Waals surface area contributed by atoms with Gasteiger partial charge < -0.3 is 0 Å². The predicted octanol–water partition coefficient (Wildman–Crippen LogP) is 5.91. The van der Waals surface area contributed by atoms with Gasteiger partial charge in [-0.2, -0.15) is 11.8 Å². The molecule has 0 aromatic heterocycles. The quantitative estimate of drug-likeness (QED) is 0.396. The van der Waals surface area contributed by atoms with Crippen molar-refractivity contribution in [3.05, 3.63) is 0 Å². The summed E-state index contributed by atoms with van der Waals surface area (Å²) in [7, 11) is 0. The van der Waals surface area contributed by atoms with E-state index in [2.05, 4.69) is 6.92 Å². The van der Waals surface area contributed by atoms with E-state index < -0.39 is 5.92 Å². The van der Waals surface area contributed by atoms with Gasteiger partial charge in [0, 0.05) is 6.42 Å². The topological polar surface area (TPSA) is 0 Å². The Bertz CT molecular complexity index is 155. The van der Waals surface area contributed by atoms with Crippen molar-refractivity contribution in [1.82, 2.24) is 0 Å². The van der Waals surface area contributed by atoms with Gasteiger partial charge in [0.05, 0.1) is 0 Å². The lowest BCUT2D eigenvalue weighted by molar-refractivity contribution is 0.0126. The first kappa shape index (κ1) is 17.2. The van der Waals surface area contributed by atoms with Crippen molar-refractivity contribution in [3.63, 3.8) is 0 Å². The largest absolute Gasteiger partial charge is 0.245 e. The lowest BCUT2D eigenvalue weighted by Gasteiger charge is -2.08. The summed E-state index contributed by atoms with van der Waals surface area (Å²) < 4.78 is 25.0. The zero-order valence-electron chi connectivity index (χ0n) is 11.4. The molecule has 0 aliphatic heterocycles. The molecule has 0 aliphatic carbocycles. The van der Waals surface area contributed by atoms with E-state index in [-0.39, 0.29) is 6.42 Å². The molecule has 0 atom stereocenters. The normalized spacial score (nSPS) is 12.0. The van der Waals surface area contributed by atoms with E-state index in [9.17, 15) is 8.78 Å². The Hall–Kier alpha value is 0.210. The maximum absolute atomic E-state index is 12.5. The van der Waals surface area contributed by atoms with Crippen molar-refractivity contribution in [1.29, 1.82) is 0 Å². The van der Waals surface area contributed by atoms with Crippen LogP contribution in [-0.2, 0) is 0 Å². The highest BCUT2D eigenvalue weighted by Gasteiger charge is 2.19. The van der Waals surface area contributed by atoms with Crippen molar-refractivity contribution >= 4 is 11.8 Å². The van der Waals surface area contributed by atoms with Crippen LogP contribution >= 0.6 is 11.8 Å². The van der Waals surface area contributed by atoms with Gasteiger partial charge in [-0.25, -0.2) is 8.78 Å². The van der Waals surface area contributed by atoms with E-state index in [1.807, 2.05) is 11.8 Å². The van der Waals surface area contributed by atoms with Gasteiger partial charge in [0.1, 0.15) is 0 Å². The smallest absolute Gasteiger partial charge is 0.207 e. The second-order valence-corrected chi connectivity index (χ2v) is 6.13. The van der Waals surface area contributed by atoms with Gasteiger partial charge in [-0.3, -0.25) is 0 Å². The predicted molar refractivity (Wildman–Crippen MR) is 75.2 cm³/mol. The Morgan fingerprint density at radius 2 is 1.35 bits per heavy atom. The summed E-state index contributed by atoms with van der Waals surface area (Å²) in [6, 6.07) is 0. The zero-order chi connectivity index (χ0) is 13.0. The van der Waals surface area contributed by atoms with Crippen LogP contribution in [0.2, 0.25) is 0 Å². The van der Waals surface area contributed by atoms with E-state index in [0.29, 0.717) is 6.42 Å². The summed E-state index contributed by atoms with van der Waals surface area (Å²) in [6.07, 6.45) is 9.98. The van der Waals surface area contributed by atoms with E-state index >= 15 is 0 Å². The van der Waals surface area contributed by atoms with Crippen LogP contribution in [0.25, 0.3) is 0 Å². The third kappa shape index (κ3) is 16.2. The third-order valence-electron chi connectivity index (χ3n) is 2.80. The minimum absolute atomic E-state index is 0.0387. The molecule has 0 radical (unpaired) electrons. The van der Waals surface area contributed by atoms with Crippen LogP contribution < -0.4 is 0 Å². The van der Waals surface area contributed by atoms with Crippen LogP contribution in [0.3, 0.4) is 0 Å². The van der Waals surface area contributed by atoms with Crippen molar-refractivity contribution in [2.45, 2.75) is 77.6 Å². The zero-order valence-corrected chi connectivity index (χ0v) is 12.3. The molecule has 104 valence electrons. The van der Waals surface area contributed by atoms with Crippen LogP contribution in [0.1, 0.15) is 71.6 Å². The van der Waals surface area contributed by atoms with Crippen molar-refractivity contribution in [2.24, 2.45) is 0 Å². The minimum atomic E-state index is -2.47. The molecule has 0 unspecified atom stereocenters. The van der Waals surface area contributed by atoms with Crippen molar-refractivity contribution < 1.29 is 8.78 Å². The van der Waals surface area contributed by atoms with Gasteiger partial charge in [-0.1, -0.05) is 45.4 Å². The van der Waals surface area contributed by atoms with E-state index in [1.165, 1.54) is 44.9 Å². The lowest BCUT2D eigenvalue weighted by Crippen LogP contribution is -2.09. The van der Waals surface area contributed by atoms with Gasteiger partial charge in [0.25, 0.3) is 0 Å². The molecule has 0 aromatic carbocycles.